The number of benzene rings is 1. The highest BCUT2D eigenvalue weighted by molar-refractivity contribution is 9.10. The van der Waals surface area contributed by atoms with E-state index in [0.717, 1.165) is 16.3 Å². The summed E-state index contributed by atoms with van der Waals surface area (Å²) in [6.45, 7) is 2.51. The minimum atomic E-state index is 0.266. The number of nitrogens with one attached hydrogen (secondary N) is 1. The van der Waals surface area contributed by atoms with E-state index in [1.807, 2.05) is 19.1 Å². The maximum Gasteiger partial charge on any atom is 0.205 e. The van der Waals surface area contributed by atoms with Gasteiger partial charge in [0.15, 0.2) is 0 Å². The molecule has 0 saturated carbocycles. The molecule has 0 aliphatic heterocycles. The maximum absolute atomic E-state index is 9.83. The summed E-state index contributed by atoms with van der Waals surface area (Å²) in [7, 11) is 0. The molecular weight excluding hydrogens is 290 g/mol. The summed E-state index contributed by atoms with van der Waals surface area (Å²) in [6, 6.07) is 3.82. The highest BCUT2D eigenvalue weighted by atomic mass is 79.9. The van der Waals surface area contributed by atoms with Crippen LogP contribution in [-0.2, 0) is 6.54 Å². The number of rotatable bonds is 3. The summed E-state index contributed by atoms with van der Waals surface area (Å²) in [6.07, 6.45) is 0. The van der Waals surface area contributed by atoms with Crippen molar-refractivity contribution in [1.29, 1.82) is 0 Å². The van der Waals surface area contributed by atoms with E-state index in [1.54, 1.807) is 5.51 Å². The average molecular weight is 300 g/mol. The zero-order valence-corrected chi connectivity index (χ0v) is 11.0. The molecule has 0 radical (unpaired) electrons. The van der Waals surface area contributed by atoms with E-state index in [1.165, 1.54) is 11.3 Å². The van der Waals surface area contributed by atoms with Crippen LogP contribution in [-0.4, -0.2) is 15.3 Å². The van der Waals surface area contributed by atoms with Crippen molar-refractivity contribution < 1.29 is 5.11 Å². The Kier molecular flexibility index (Phi) is 3.40. The predicted octanol–water partition coefficient (Wildman–Crippen LogP) is 2.93. The molecule has 0 saturated heterocycles. The fraction of sp³-hybridized carbons (Fsp3) is 0.200. The van der Waals surface area contributed by atoms with Gasteiger partial charge in [0.25, 0.3) is 0 Å². The number of hydrogen-bond donors (Lipinski definition) is 2. The van der Waals surface area contributed by atoms with E-state index in [4.69, 9.17) is 0 Å². The molecule has 2 rings (SSSR count). The second-order valence-electron chi connectivity index (χ2n) is 3.35. The van der Waals surface area contributed by atoms with Gasteiger partial charge in [-0.2, -0.15) is 0 Å². The Bertz CT molecular complexity index is 487. The quantitative estimate of drug-likeness (QED) is 0.915. The summed E-state index contributed by atoms with van der Waals surface area (Å²) in [5, 5.41) is 21.3. The predicted molar refractivity (Wildman–Crippen MR) is 67.8 cm³/mol. The third kappa shape index (κ3) is 2.51. The number of hydrogen-bond acceptors (Lipinski definition) is 5. The van der Waals surface area contributed by atoms with Crippen LogP contribution < -0.4 is 5.32 Å². The molecular formula is C10H10BrN3OS. The van der Waals surface area contributed by atoms with E-state index >= 15 is 0 Å². The van der Waals surface area contributed by atoms with Crippen LogP contribution >= 0.6 is 27.3 Å². The lowest BCUT2D eigenvalue weighted by molar-refractivity contribution is 0.465. The lowest BCUT2D eigenvalue weighted by Gasteiger charge is -2.08. The Morgan fingerprint density at radius 1 is 1.50 bits per heavy atom. The summed E-state index contributed by atoms with van der Waals surface area (Å²) in [4.78, 5) is 0. The number of anilines is 1. The number of phenolic OH excluding ortho intramolecular Hbond substituents is 1. The van der Waals surface area contributed by atoms with Crippen molar-refractivity contribution in [2.75, 3.05) is 5.32 Å². The van der Waals surface area contributed by atoms with E-state index in [-0.39, 0.29) is 5.75 Å². The van der Waals surface area contributed by atoms with Gasteiger partial charge in [-0.3, -0.25) is 0 Å². The fourth-order valence-corrected chi connectivity index (χ4v) is 2.42. The lowest BCUT2D eigenvalue weighted by Crippen LogP contribution is -2.00. The number of halogens is 1. The number of aromatic nitrogens is 2. The number of aryl methyl sites for hydroxylation is 1. The van der Waals surface area contributed by atoms with Crippen molar-refractivity contribution in [3.63, 3.8) is 0 Å². The summed E-state index contributed by atoms with van der Waals surface area (Å²) >= 11 is 4.74. The standard InChI is InChI=1S/C10H10BrN3OS/c1-6-2-7(9(15)8(11)3-6)4-12-10-14-13-5-16-10/h2-3,5,15H,4H2,1H3,(H,12,14). The lowest BCUT2D eigenvalue weighted by atomic mass is 10.1. The largest absolute Gasteiger partial charge is 0.506 e. The van der Waals surface area contributed by atoms with E-state index in [0.29, 0.717) is 11.0 Å². The topological polar surface area (TPSA) is 58.0 Å². The minimum absolute atomic E-state index is 0.266. The van der Waals surface area contributed by atoms with Crippen LogP contribution in [0.25, 0.3) is 0 Å². The van der Waals surface area contributed by atoms with Crippen molar-refractivity contribution in [2.45, 2.75) is 13.5 Å². The van der Waals surface area contributed by atoms with Crippen molar-refractivity contribution in [3.8, 4) is 5.75 Å². The molecule has 0 fully saturated rings. The van der Waals surface area contributed by atoms with Gasteiger partial charge in [0.2, 0.25) is 5.13 Å². The SMILES string of the molecule is Cc1cc(Br)c(O)c(CNc2nncs2)c1. The third-order valence-corrected chi connectivity index (χ3v) is 3.33. The van der Waals surface area contributed by atoms with Gasteiger partial charge in [0.05, 0.1) is 4.47 Å². The number of aromatic hydroxyl groups is 1. The second-order valence-corrected chi connectivity index (χ2v) is 5.04. The van der Waals surface area contributed by atoms with E-state index in [9.17, 15) is 5.11 Å². The summed E-state index contributed by atoms with van der Waals surface area (Å²) < 4.78 is 0.710. The zero-order valence-electron chi connectivity index (χ0n) is 8.57. The van der Waals surface area contributed by atoms with Crippen molar-refractivity contribution in [3.05, 3.63) is 33.2 Å². The Labute approximate surface area is 105 Å². The molecule has 0 aliphatic carbocycles. The van der Waals surface area contributed by atoms with Gasteiger partial charge < -0.3 is 10.4 Å². The minimum Gasteiger partial charge on any atom is -0.506 e. The van der Waals surface area contributed by atoms with Gasteiger partial charge in [0.1, 0.15) is 11.3 Å². The first-order valence-electron chi connectivity index (χ1n) is 4.65. The Hall–Kier alpha value is -1.14. The fourth-order valence-electron chi connectivity index (χ4n) is 1.36. The van der Waals surface area contributed by atoms with Crippen molar-refractivity contribution in [2.24, 2.45) is 0 Å². The Balaban J connectivity index is 2.15. The molecule has 0 amide bonds. The molecule has 2 N–H and O–H groups in total. The highest BCUT2D eigenvalue weighted by Crippen LogP contribution is 2.29. The molecule has 16 heavy (non-hydrogen) atoms. The molecule has 1 aromatic carbocycles. The molecule has 0 aliphatic rings. The molecule has 6 heteroatoms. The molecule has 1 heterocycles. The van der Waals surface area contributed by atoms with Crippen LogP contribution in [0.2, 0.25) is 0 Å². The van der Waals surface area contributed by atoms with Crippen LogP contribution in [0, 0.1) is 6.92 Å². The first kappa shape index (κ1) is 11.3. The van der Waals surface area contributed by atoms with Crippen molar-refractivity contribution in [1.82, 2.24) is 10.2 Å². The van der Waals surface area contributed by atoms with Gasteiger partial charge in [0, 0.05) is 12.1 Å². The molecule has 1 aromatic heterocycles. The van der Waals surface area contributed by atoms with Crippen molar-refractivity contribution >= 4 is 32.4 Å². The first-order chi connectivity index (χ1) is 7.66. The molecule has 2 aromatic rings. The first-order valence-corrected chi connectivity index (χ1v) is 6.32. The van der Waals surface area contributed by atoms with Crippen LogP contribution in [0.1, 0.15) is 11.1 Å². The van der Waals surface area contributed by atoms with Gasteiger partial charge in [-0.1, -0.05) is 17.4 Å². The van der Waals surface area contributed by atoms with Crippen LogP contribution in [0.15, 0.2) is 22.1 Å². The van der Waals surface area contributed by atoms with Crippen LogP contribution in [0.4, 0.5) is 5.13 Å². The third-order valence-electron chi connectivity index (χ3n) is 2.08. The monoisotopic (exact) mass is 299 g/mol. The summed E-state index contributed by atoms with van der Waals surface area (Å²) in [5.74, 6) is 0.266. The molecule has 0 atom stereocenters. The number of nitrogens with zero attached hydrogens (tertiary/aromatic N) is 2. The maximum atomic E-state index is 9.83. The highest BCUT2D eigenvalue weighted by Gasteiger charge is 2.07. The molecule has 0 spiro atoms. The molecule has 4 nitrogen and oxygen atoms in total. The second kappa shape index (κ2) is 4.80. The van der Waals surface area contributed by atoms with E-state index < -0.39 is 0 Å². The molecule has 84 valence electrons. The Morgan fingerprint density at radius 3 is 3.00 bits per heavy atom. The molecule has 0 unspecified atom stereocenters. The van der Waals surface area contributed by atoms with Crippen LogP contribution in [0.3, 0.4) is 0 Å². The van der Waals surface area contributed by atoms with Gasteiger partial charge >= 0.3 is 0 Å². The smallest absolute Gasteiger partial charge is 0.205 e. The normalized spacial score (nSPS) is 10.4. The van der Waals surface area contributed by atoms with E-state index in [2.05, 4.69) is 31.4 Å². The Morgan fingerprint density at radius 2 is 2.31 bits per heavy atom. The van der Waals surface area contributed by atoms with Gasteiger partial charge in [-0.25, -0.2) is 0 Å². The van der Waals surface area contributed by atoms with Gasteiger partial charge in [-0.05, 0) is 34.5 Å². The zero-order chi connectivity index (χ0) is 11.5. The molecule has 0 bridgehead atoms. The van der Waals surface area contributed by atoms with Gasteiger partial charge in [-0.15, -0.1) is 10.2 Å². The average Bonchev–Trinajstić information content (AvgIpc) is 2.74. The van der Waals surface area contributed by atoms with Crippen LogP contribution in [0.5, 0.6) is 5.75 Å². The number of phenols is 1. The summed E-state index contributed by atoms with van der Waals surface area (Å²) in [5.41, 5.74) is 3.59.